The number of carbonyl (C=O) groups excluding carboxylic acids is 1. The summed E-state index contributed by atoms with van der Waals surface area (Å²) in [5.74, 6) is 1.86. The maximum Gasteiger partial charge on any atom is 0.202 e. The molecule has 7 rings (SSSR count). The zero-order valence-electron chi connectivity index (χ0n) is 29.1. The summed E-state index contributed by atoms with van der Waals surface area (Å²) in [7, 11) is 0. The first-order valence-corrected chi connectivity index (χ1v) is 18.0. The van der Waals surface area contributed by atoms with Crippen LogP contribution in [0.15, 0.2) is 67.0 Å². The molecule has 5 aromatic rings. The van der Waals surface area contributed by atoms with Gasteiger partial charge in [-0.3, -0.25) is 4.79 Å². The Morgan fingerprint density at radius 2 is 1.92 bits per heavy atom. The molecular formula is C38H47N9O3. The largest absolute Gasteiger partial charge is 0.491 e. The van der Waals surface area contributed by atoms with Crippen LogP contribution in [0.5, 0.6) is 5.75 Å². The number of piperidine rings is 1. The number of fused-ring (bicyclic) bond motifs is 1. The van der Waals surface area contributed by atoms with Crippen molar-refractivity contribution in [2.24, 2.45) is 0 Å². The molecule has 2 N–H and O–H groups in total. The highest BCUT2D eigenvalue weighted by Crippen LogP contribution is 2.39. The van der Waals surface area contributed by atoms with Gasteiger partial charge in [0.2, 0.25) is 5.95 Å². The van der Waals surface area contributed by atoms with E-state index >= 15 is 0 Å². The Kier molecular flexibility index (Phi) is 10.7. The predicted octanol–water partition coefficient (Wildman–Crippen LogP) is 6.01. The van der Waals surface area contributed by atoms with Crippen LogP contribution in [0.25, 0.3) is 16.7 Å². The number of tetrazole rings is 1. The maximum atomic E-state index is 14.2. The number of ether oxygens (including phenoxy) is 2. The van der Waals surface area contributed by atoms with Crippen molar-refractivity contribution in [3.63, 3.8) is 0 Å². The van der Waals surface area contributed by atoms with Crippen molar-refractivity contribution >= 4 is 28.5 Å². The van der Waals surface area contributed by atoms with Crippen molar-refractivity contribution in [3.05, 3.63) is 83.7 Å². The first-order chi connectivity index (χ1) is 24.6. The molecule has 12 nitrogen and oxygen atoms in total. The van der Waals surface area contributed by atoms with Crippen molar-refractivity contribution in [1.29, 1.82) is 0 Å². The average Bonchev–Trinajstić information content (AvgIpc) is 3.94. The minimum Gasteiger partial charge on any atom is -0.491 e. The SMILES string of the molecule is CCOCCc1cccc2[nH]c(NC3CCCCN3c3cc(-n4cnnn4)cc(C(=O)CCN4CCC(c5ccccc5)C4)c3OCC)nc12. The quantitative estimate of drug-likeness (QED) is 0.101. The van der Waals surface area contributed by atoms with Gasteiger partial charge in [-0.25, -0.2) is 9.67 Å². The number of aromatic nitrogens is 6. The third kappa shape index (κ3) is 7.51. The minimum absolute atomic E-state index is 0.0474. The zero-order chi connectivity index (χ0) is 34.3. The lowest BCUT2D eigenvalue weighted by Crippen LogP contribution is -2.45. The number of nitrogens with zero attached hydrogens (tertiary/aromatic N) is 7. The van der Waals surface area contributed by atoms with Gasteiger partial charge in [-0.2, -0.15) is 0 Å². The summed E-state index contributed by atoms with van der Waals surface area (Å²) in [6.45, 7) is 9.20. The van der Waals surface area contributed by atoms with Crippen LogP contribution < -0.4 is 15.0 Å². The lowest BCUT2D eigenvalue weighted by molar-refractivity contribution is 0.0965. The first kappa shape index (κ1) is 33.7. The van der Waals surface area contributed by atoms with Crippen molar-refractivity contribution in [2.75, 3.05) is 56.2 Å². The Hall–Kier alpha value is -4.81. The van der Waals surface area contributed by atoms with Crippen molar-refractivity contribution in [1.82, 2.24) is 35.1 Å². The molecule has 2 saturated heterocycles. The summed E-state index contributed by atoms with van der Waals surface area (Å²) >= 11 is 0. The third-order valence-electron chi connectivity index (χ3n) is 9.89. The molecule has 0 bridgehead atoms. The van der Waals surface area contributed by atoms with Crippen molar-refractivity contribution in [3.8, 4) is 11.4 Å². The zero-order valence-corrected chi connectivity index (χ0v) is 29.1. The highest BCUT2D eigenvalue weighted by molar-refractivity contribution is 6.01. The second-order valence-electron chi connectivity index (χ2n) is 13.1. The Balaban J connectivity index is 1.16. The van der Waals surface area contributed by atoms with Gasteiger partial charge in [0.15, 0.2) is 11.5 Å². The van der Waals surface area contributed by atoms with E-state index in [1.54, 1.807) is 11.0 Å². The van der Waals surface area contributed by atoms with Crippen LogP contribution in [0.1, 0.15) is 73.4 Å². The topological polar surface area (TPSA) is 126 Å². The molecule has 2 aliphatic heterocycles. The van der Waals surface area contributed by atoms with Gasteiger partial charge in [-0.15, -0.1) is 5.10 Å². The van der Waals surface area contributed by atoms with Crippen LogP contribution in [0.4, 0.5) is 11.6 Å². The molecule has 2 atom stereocenters. The molecule has 4 heterocycles. The van der Waals surface area contributed by atoms with Gasteiger partial charge in [-0.1, -0.05) is 42.5 Å². The average molecular weight is 678 g/mol. The number of aromatic amines is 1. The maximum absolute atomic E-state index is 14.2. The number of nitrogens with one attached hydrogen (secondary N) is 2. The van der Waals surface area contributed by atoms with Gasteiger partial charge in [0, 0.05) is 32.7 Å². The summed E-state index contributed by atoms with van der Waals surface area (Å²) in [5, 5.41) is 15.6. The van der Waals surface area contributed by atoms with E-state index in [1.807, 2.05) is 26.0 Å². The molecule has 12 heteroatoms. The van der Waals surface area contributed by atoms with E-state index in [0.29, 0.717) is 61.7 Å². The Morgan fingerprint density at radius 3 is 2.74 bits per heavy atom. The molecule has 3 aromatic carbocycles. The number of Topliss-reactive ketones (excluding diaryl/α,β-unsaturated/α-hetero) is 1. The van der Waals surface area contributed by atoms with Crippen LogP contribution in [-0.2, 0) is 11.2 Å². The monoisotopic (exact) mass is 677 g/mol. The first-order valence-electron chi connectivity index (χ1n) is 18.0. The number of ketones is 1. The number of anilines is 2. The van der Waals surface area contributed by atoms with Gasteiger partial charge in [0.1, 0.15) is 12.5 Å². The molecule has 262 valence electrons. The Bertz CT molecular complexity index is 1860. The van der Waals surface area contributed by atoms with Gasteiger partial charge >= 0.3 is 0 Å². The summed E-state index contributed by atoms with van der Waals surface area (Å²) in [4.78, 5) is 27.4. The van der Waals surface area contributed by atoms with Crippen LogP contribution >= 0.6 is 0 Å². The summed E-state index contributed by atoms with van der Waals surface area (Å²) in [6.07, 6.45) is 6.76. The fraction of sp³-hybridized carbons (Fsp3) is 0.447. The number of benzene rings is 3. The molecule has 2 fully saturated rings. The normalized spacial score (nSPS) is 18.2. The van der Waals surface area contributed by atoms with E-state index < -0.39 is 0 Å². The highest BCUT2D eigenvalue weighted by atomic mass is 16.5. The third-order valence-corrected chi connectivity index (χ3v) is 9.89. The molecule has 0 spiro atoms. The van der Waals surface area contributed by atoms with Crippen molar-refractivity contribution in [2.45, 2.75) is 64.5 Å². The molecule has 2 aliphatic rings. The van der Waals surface area contributed by atoms with Crippen molar-refractivity contribution < 1.29 is 14.3 Å². The van der Waals surface area contributed by atoms with E-state index in [2.05, 4.69) is 84.2 Å². The number of rotatable bonds is 15. The summed E-state index contributed by atoms with van der Waals surface area (Å²) < 4.78 is 13.6. The molecule has 0 saturated carbocycles. The minimum atomic E-state index is -0.0815. The van der Waals surface area contributed by atoms with Crippen LogP contribution in [0.2, 0.25) is 0 Å². The predicted molar refractivity (Wildman–Crippen MR) is 194 cm³/mol. The fourth-order valence-electron chi connectivity index (χ4n) is 7.37. The Morgan fingerprint density at radius 1 is 1.02 bits per heavy atom. The lowest BCUT2D eigenvalue weighted by Gasteiger charge is -2.39. The second-order valence-corrected chi connectivity index (χ2v) is 13.1. The number of para-hydroxylation sites is 1. The standard InChI is InChI=1S/C38H47N9O3/c1-3-49-22-18-28-13-10-14-32-36(28)42-38(40-32)41-35-15-8-9-19-46(35)33-24-30(47-26-39-43-44-47)23-31(37(33)50-4-2)34(48)17-21-45-20-16-29(25-45)27-11-6-5-7-12-27/h5-7,10-14,23-24,26,29,35H,3-4,8-9,15-22,25H2,1-2H3,(H2,40,41,42). The van der Waals surface area contributed by atoms with Gasteiger partial charge < -0.3 is 29.6 Å². The molecule has 2 unspecified atom stereocenters. The highest BCUT2D eigenvalue weighted by Gasteiger charge is 2.30. The molecule has 50 heavy (non-hydrogen) atoms. The lowest BCUT2D eigenvalue weighted by atomic mass is 9.99. The van der Waals surface area contributed by atoms with Crippen LogP contribution in [-0.4, -0.2) is 93.0 Å². The number of imidazole rings is 1. The second kappa shape index (κ2) is 15.8. The van der Waals surface area contributed by atoms with E-state index in [4.69, 9.17) is 14.5 Å². The van der Waals surface area contributed by atoms with Gasteiger partial charge in [0.25, 0.3) is 0 Å². The van der Waals surface area contributed by atoms with Gasteiger partial charge in [0.05, 0.1) is 41.2 Å². The van der Waals surface area contributed by atoms with Crippen LogP contribution in [0.3, 0.4) is 0 Å². The van der Waals surface area contributed by atoms with E-state index in [-0.39, 0.29) is 11.9 Å². The fourth-order valence-corrected chi connectivity index (χ4v) is 7.37. The summed E-state index contributed by atoms with van der Waals surface area (Å²) in [6, 6.07) is 20.8. The van der Waals surface area contributed by atoms with Gasteiger partial charge in [-0.05, 0) is 98.2 Å². The molecule has 0 amide bonds. The number of hydrogen-bond donors (Lipinski definition) is 2. The molecule has 2 aromatic heterocycles. The van der Waals surface area contributed by atoms with Crippen LogP contribution in [0, 0.1) is 0 Å². The smallest absolute Gasteiger partial charge is 0.202 e. The van der Waals surface area contributed by atoms with E-state index in [1.165, 1.54) is 5.56 Å². The van der Waals surface area contributed by atoms with E-state index in [9.17, 15) is 4.79 Å². The van der Waals surface area contributed by atoms with E-state index in [0.717, 1.165) is 74.0 Å². The summed E-state index contributed by atoms with van der Waals surface area (Å²) in [5.41, 5.74) is 6.58. The number of hydrogen-bond acceptors (Lipinski definition) is 10. The number of carbonyl (C=O) groups is 1. The number of likely N-dealkylation sites (tertiary alicyclic amines) is 1. The number of H-pyrrole nitrogens is 1. The molecular weight excluding hydrogens is 630 g/mol. The molecule has 0 radical (unpaired) electrons. The molecule has 0 aliphatic carbocycles. The Labute approximate surface area is 293 Å².